The van der Waals surface area contributed by atoms with Gasteiger partial charge < -0.3 is 10.0 Å². The Balaban J connectivity index is 2.18. The summed E-state index contributed by atoms with van der Waals surface area (Å²) in [6.07, 6.45) is 0.860. The highest BCUT2D eigenvalue weighted by molar-refractivity contribution is 7.98. The largest absolute Gasteiger partial charge is 0.478 e. The molecular formula is C18H23N3O2S. The molecule has 0 amide bonds. The van der Waals surface area contributed by atoms with E-state index in [1.807, 2.05) is 12.1 Å². The van der Waals surface area contributed by atoms with E-state index in [0.717, 1.165) is 41.7 Å². The Hall–Kier alpha value is -2.08. The number of hydrogen-bond donors (Lipinski definition) is 1. The van der Waals surface area contributed by atoms with Gasteiger partial charge >= 0.3 is 5.97 Å². The Kier molecular flexibility index (Phi) is 6.61. The van der Waals surface area contributed by atoms with Crippen molar-refractivity contribution in [3.8, 4) is 0 Å². The fourth-order valence-corrected chi connectivity index (χ4v) is 3.17. The molecule has 2 rings (SSSR count). The third-order valence-corrected chi connectivity index (χ3v) is 4.66. The number of aryl methyl sites for hydroxylation is 1. The Morgan fingerprint density at radius 3 is 2.54 bits per heavy atom. The van der Waals surface area contributed by atoms with Crippen LogP contribution in [0.15, 0.2) is 35.5 Å². The molecule has 0 unspecified atom stereocenters. The summed E-state index contributed by atoms with van der Waals surface area (Å²) < 4.78 is 0. The normalized spacial score (nSPS) is 10.6. The third-order valence-electron chi connectivity index (χ3n) is 3.74. The fraction of sp³-hybridized carbons (Fsp3) is 0.389. The van der Waals surface area contributed by atoms with Gasteiger partial charge in [-0.25, -0.2) is 14.8 Å². The first-order valence-electron chi connectivity index (χ1n) is 8.15. The van der Waals surface area contributed by atoms with Crippen LogP contribution in [0.1, 0.15) is 42.4 Å². The topological polar surface area (TPSA) is 66.3 Å². The van der Waals surface area contributed by atoms with Crippen LogP contribution < -0.4 is 4.90 Å². The molecule has 0 aliphatic rings. The third kappa shape index (κ3) is 4.71. The smallest absolute Gasteiger partial charge is 0.335 e. The molecule has 0 aliphatic carbocycles. The SMILES string of the molecule is CCc1cc(N(CC)CC)nc(SCc2cccc(C(=O)O)c2)n1. The molecule has 0 saturated carbocycles. The molecule has 1 N–H and O–H groups in total. The minimum Gasteiger partial charge on any atom is -0.478 e. The van der Waals surface area contributed by atoms with Crippen LogP contribution in [0.4, 0.5) is 5.82 Å². The molecule has 5 nitrogen and oxygen atoms in total. The van der Waals surface area contributed by atoms with Crippen LogP contribution in [0, 0.1) is 0 Å². The number of carboxylic acid groups (broad SMARTS) is 1. The first kappa shape index (κ1) is 18.3. The molecule has 0 spiro atoms. The molecule has 1 heterocycles. The zero-order valence-electron chi connectivity index (χ0n) is 14.3. The molecule has 0 atom stereocenters. The summed E-state index contributed by atoms with van der Waals surface area (Å²) >= 11 is 1.53. The zero-order valence-corrected chi connectivity index (χ0v) is 15.1. The molecule has 0 radical (unpaired) electrons. The summed E-state index contributed by atoms with van der Waals surface area (Å²) in [4.78, 5) is 22.5. The molecule has 0 fully saturated rings. The van der Waals surface area contributed by atoms with Gasteiger partial charge in [0.25, 0.3) is 0 Å². The highest BCUT2D eigenvalue weighted by atomic mass is 32.2. The molecule has 0 saturated heterocycles. The lowest BCUT2D eigenvalue weighted by Gasteiger charge is -2.20. The van der Waals surface area contributed by atoms with Gasteiger partial charge in [0.15, 0.2) is 5.16 Å². The lowest BCUT2D eigenvalue weighted by Crippen LogP contribution is -2.23. The summed E-state index contributed by atoms with van der Waals surface area (Å²) in [7, 11) is 0. The van der Waals surface area contributed by atoms with Crippen LogP contribution in [-0.2, 0) is 12.2 Å². The van der Waals surface area contributed by atoms with Crippen molar-refractivity contribution in [3.05, 3.63) is 47.2 Å². The van der Waals surface area contributed by atoms with Crippen molar-refractivity contribution in [1.29, 1.82) is 0 Å². The van der Waals surface area contributed by atoms with E-state index in [1.165, 1.54) is 11.8 Å². The van der Waals surface area contributed by atoms with Gasteiger partial charge in [-0.2, -0.15) is 0 Å². The molecule has 0 aliphatic heterocycles. The molecule has 1 aromatic heterocycles. The summed E-state index contributed by atoms with van der Waals surface area (Å²) in [5.74, 6) is 0.690. The second-order valence-electron chi connectivity index (χ2n) is 5.32. The Morgan fingerprint density at radius 1 is 1.17 bits per heavy atom. The Bertz CT molecular complexity index is 702. The van der Waals surface area contributed by atoms with Crippen molar-refractivity contribution in [2.24, 2.45) is 0 Å². The van der Waals surface area contributed by atoms with Crippen molar-refractivity contribution in [2.75, 3.05) is 18.0 Å². The van der Waals surface area contributed by atoms with E-state index in [0.29, 0.717) is 11.3 Å². The Morgan fingerprint density at radius 2 is 1.92 bits per heavy atom. The van der Waals surface area contributed by atoms with Gasteiger partial charge in [-0.3, -0.25) is 0 Å². The first-order chi connectivity index (χ1) is 11.6. The number of hydrogen-bond acceptors (Lipinski definition) is 5. The van der Waals surface area contributed by atoms with E-state index in [1.54, 1.807) is 18.2 Å². The van der Waals surface area contributed by atoms with Crippen LogP contribution >= 0.6 is 11.8 Å². The highest BCUT2D eigenvalue weighted by Gasteiger charge is 2.10. The number of carboxylic acids is 1. The Labute approximate surface area is 147 Å². The average Bonchev–Trinajstić information content (AvgIpc) is 2.61. The van der Waals surface area contributed by atoms with Crippen molar-refractivity contribution >= 4 is 23.5 Å². The molecule has 128 valence electrons. The van der Waals surface area contributed by atoms with Gasteiger partial charge in [-0.1, -0.05) is 30.8 Å². The maximum absolute atomic E-state index is 11.1. The van der Waals surface area contributed by atoms with Crippen molar-refractivity contribution in [1.82, 2.24) is 9.97 Å². The van der Waals surface area contributed by atoms with E-state index in [4.69, 9.17) is 5.11 Å². The number of nitrogens with zero attached hydrogens (tertiary/aromatic N) is 3. The van der Waals surface area contributed by atoms with Gasteiger partial charge in [0.2, 0.25) is 0 Å². The maximum Gasteiger partial charge on any atom is 0.335 e. The molecule has 6 heteroatoms. The summed E-state index contributed by atoms with van der Waals surface area (Å²) in [6, 6.07) is 9.04. The fourth-order valence-electron chi connectivity index (χ4n) is 2.36. The van der Waals surface area contributed by atoms with Crippen LogP contribution in [0.2, 0.25) is 0 Å². The second-order valence-corrected chi connectivity index (χ2v) is 6.26. The molecule has 0 bridgehead atoms. The van der Waals surface area contributed by atoms with E-state index in [2.05, 4.69) is 35.6 Å². The summed E-state index contributed by atoms with van der Waals surface area (Å²) in [6.45, 7) is 8.12. The van der Waals surface area contributed by atoms with Crippen LogP contribution in [0.25, 0.3) is 0 Å². The van der Waals surface area contributed by atoms with Gasteiger partial charge in [0.05, 0.1) is 5.56 Å². The van der Waals surface area contributed by atoms with Crippen LogP contribution in [0.3, 0.4) is 0 Å². The van der Waals surface area contributed by atoms with Crippen LogP contribution in [-0.4, -0.2) is 34.1 Å². The quantitative estimate of drug-likeness (QED) is 0.578. The van der Waals surface area contributed by atoms with Crippen molar-refractivity contribution < 1.29 is 9.90 Å². The number of aromatic nitrogens is 2. The highest BCUT2D eigenvalue weighted by Crippen LogP contribution is 2.23. The minimum absolute atomic E-state index is 0.306. The predicted molar refractivity (Wildman–Crippen MR) is 97.9 cm³/mol. The summed E-state index contributed by atoms with van der Waals surface area (Å²) in [5.41, 5.74) is 2.28. The zero-order chi connectivity index (χ0) is 17.5. The monoisotopic (exact) mass is 345 g/mol. The van der Waals surface area contributed by atoms with E-state index in [-0.39, 0.29) is 0 Å². The van der Waals surface area contributed by atoms with Gasteiger partial charge in [-0.15, -0.1) is 0 Å². The second kappa shape index (κ2) is 8.68. The first-order valence-corrected chi connectivity index (χ1v) is 9.13. The predicted octanol–water partition coefficient (Wildman–Crippen LogP) is 3.88. The number of carbonyl (C=O) groups is 1. The number of benzene rings is 1. The van der Waals surface area contributed by atoms with Gasteiger partial charge in [0.1, 0.15) is 5.82 Å². The molecular weight excluding hydrogens is 322 g/mol. The van der Waals surface area contributed by atoms with Gasteiger partial charge in [-0.05, 0) is 38.0 Å². The molecule has 24 heavy (non-hydrogen) atoms. The van der Waals surface area contributed by atoms with Crippen LogP contribution in [0.5, 0.6) is 0 Å². The molecule has 2 aromatic rings. The number of thioether (sulfide) groups is 1. The van der Waals surface area contributed by atoms with Crippen molar-refractivity contribution in [3.63, 3.8) is 0 Å². The number of anilines is 1. The summed E-state index contributed by atoms with van der Waals surface area (Å²) in [5, 5.41) is 9.81. The van der Waals surface area contributed by atoms with Crippen molar-refractivity contribution in [2.45, 2.75) is 38.1 Å². The lowest BCUT2D eigenvalue weighted by molar-refractivity contribution is 0.0697. The lowest BCUT2D eigenvalue weighted by atomic mass is 10.1. The van der Waals surface area contributed by atoms with E-state index >= 15 is 0 Å². The van der Waals surface area contributed by atoms with E-state index < -0.39 is 5.97 Å². The molecule has 1 aromatic carbocycles. The number of aromatic carboxylic acids is 1. The number of rotatable bonds is 8. The average molecular weight is 345 g/mol. The van der Waals surface area contributed by atoms with Gasteiger partial charge in [0, 0.05) is 30.6 Å². The maximum atomic E-state index is 11.1. The van der Waals surface area contributed by atoms with E-state index in [9.17, 15) is 4.79 Å². The standard InChI is InChI=1S/C18H23N3O2S/c1-4-15-11-16(21(5-2)6-3)20-18(19-15)24-12-13-8-7-9-14(10-13)17(22)23/h7-11H,4-6,12H2,1-3H3,(H,22,23). The minimum atomic E-state index is -0.908.